The van der Waals surface area contributed by atoms with Crippen LogP contribution in [-0.2, 0) is 4.79 Å². The van der Waals surface area contributed by atoms with Gasteiger partial charge in [0.1, 0.15) is 5.54 Å². The van der Waals surface area contributed by atoms with E-state index in [4.69, 9.17) is 17.3 Å². The molecule has 0 radical (unpaired) electrons. The van der Waals surface area contributed by atoms with E-state index in [1.165, 1.54) is 6.07 Å². The summed E-state index contributed by atoms with van der Waals surface area (Å²) in [6.07, 6.45) is 3.78. The molecule has 1 aromatic carbocycles. The Morgan fingerprint density at radius 1 is 1.25 bits per heavy atom. The van der Waals surface area contributed by atoms with Crippen LogP contribution in [-0.4, -0.2) is 22.5 Å². The lowest BCUT2D eigenvalue weighted by Crippen LogP contribution is -2.48. The number of nitrogens with one attached hydrogen (secondary N) is 1. The minimum absolute atomic E-state index is 0.212. The lowest BCUT2D eigenvalue weighted by Gasteiger charge is -2.35. The van der Waals surface area contributed by atoms with Gasteiger partial charge in [0.15, 0.2) is 0 Å². The van der Waals surface area contributed by atoms with Crippen molar-refractivity contribution in [3.8, 4) is 0 Å². The molecule has 1 fully saturated rings. The van der Waals surface area contributed by atoms with Crippen LogP contribution in [0.5, 0.6) is 0 Å². The first kappa shape index (κ1) is 14.7. The lowest BCUT2D eigenvalue weighted by molar-refractivity contribution is -0.143. The second-order valence-electron chi connectivity index (χ2n) is 5.13. The Morgan fingerprint density at radius 2 is 1.90 bits per heavy atom. The fraction of sp³-hybridized carbons (Fsp3) is 0.429. The van der Waals surface area contributed by atoms with Gasteiger partial charge < -0.3 is 16.2 Å². The number of benzene rings is 1. The molecule has 1 amide bonds. The predicted molar refractivity (Wildman–Crippen MR) is 77.0 cm³/mol. The highest BCUT2D eigenvalue weighted by molar-refractivity contribution is 6.31. The highest BCUT2D eigenvalue weighted by atomic mass is 35.5. The molecule has 0 aromatic heterocycles. The number of nitrogens with two attached hydrogens (primary N) is 1. The Balaban J connectivity index is 2.36. The molecule has 5 nitrogen and oxygen atoms in total. The Hall–Kier alpha value is -1.75. The zero-order valence-corrected chi connectivity index (χ0v) is 11.7. The fourth-order valence-corrected chi connectivity index (χ4v) is 2.81. The first-order valence-corrected chi connectivity index (χ1v) is 6.93. The molecule has 1 saturated carbocycles. The van der Waals surface area contributed by atoms with E-state index in [9.17, 15) is 14.7 Å². The highest BCUT2D eigenvalue weighted by Gasteiger charge is 2.40. The standard InChI is InChI=1S/C14H17ClN2O3/c15-9-4-5-11(10(8-9)12(16)18)17-14(13(19)20)6-2-1-3-7-14/h4-5,8,17H,1-3,6-7H2,(H2,16,18)(H,19,20). The van der Waals surface area contributed by atoms with Crippen LogP contribution in [0.15, 0.2) is 18.2 Å². The SMILES string of the molecule is NC(=O)c1cc(Cl)ccc1NC1(C(=O)O)CCCCC1. The van der Waals surface area contributed by atoms with Gasteiger partial charge in [-0.1, -0.05) is 30.9 Å². The van der Waals surface area contributed by atoms with E-state index >= 15 is 0 Å². The molecule has 0 bridgehead atoms. The second-order valence-corrected chi connectivity index (χ2v) is 5.56. The number of halogens is 1. The minimum atomic E-state index is -1.03. The summed E-state index contributed by atoms with van der Waals surface area (Å²) in [5, 5.41) is 12.9. The third-order valence-electron chi connectivity index (χ3n) is 3.74. The summed E-state index contributed by atoms with van der Waals surface area (Å²) in [5.41, 5.74) is 4.93. The van der Waals surface area contributed by atoms with E-state index in [-0.39, 0.29) is 5.56 Å². The van der Waals surface area contributed by atoms with Gasteiger partial charge in [-0.15, -0.1) is 0 Å². The van der Waals surface area contributed by atoms with Gasteiger partial charge in [0, 0.05) is 10.7 Å². The molecule has 0 saturated heterocycles. The number of carbonyl (C=O) groups excluding carboxylic acids is 1. The van der Waals surface area contributed by atoms with Gasteiger partial charge in [0.25, 0.3) is 5.91 Å². The number of carboxylic acids is 1. The van der Waals surface area contributed by atoms with Gasteiger partial charge in [-0.2, -0.15) is 0 Å². The number of hydrogen-bond acceptors (Lipinski definition) is 3. The van der Waals surface area contributed by atoms with Gasteiger partial charge in [-0.25, -0.2) is 4.79 Å². The van der Waals surface area contributed by atoms with E-state index in [2.05, 4.69) is 5.32 Å². The van der Waals surface area contributed by atoms with Gasteiger partial charge in [-0.3, -0.25) is 4.79 Å². The largest absolute Gasteiger partial charge is 0.480 e. The van der Waals surface area contributed by atoms with Crippen LogP contribution in [0.2, 0.25) is 5.02 Å². The van der Waals surface area contributed by atoms with Crippen LogP contribution in [0.4, 0.5) is 5.69 Å². The summed E-state index contributed by atoms with van der Waals surface area (Å²) in [4.78, 5) is 23.1. The van der Waals surface area contributed by atoms with Crippen molar-refractivity contribution in [2.24, 2.45) is 5.73 Å². The first-order chi connectivity index (χ1) is 9.44. The molecule has 108 valence electrons. The zero-order chi connectivity index (χ0) is 14.8. The Morgan fingerprint density at radius 3 is 2.45 bits per heavy atom. The number of primary amides is 1. The minimum Gasteiger partial charge on any atom is -0.480 e. The summed E-state index contributed by atoms with van der Waals surface area (Å²) in [7, 11) is 0. The molecular formula is C14H17ClN2O3. The first-order valence-electron chi connectivity index (χ1n) is 6.55. The van der Waals surface area contributed by atoms with E-state index in [0.29, 0.717) is 23.6 Å². The smallest absolute Gasteiger partial charge is 0.329 e. The predicted octanol–water partition coefficient (Wildman–Crippen LogP) is 2.64. The molecule has 1 aliphatic rings. The van der Waals surface area contributed by atoms with E-state index < -0.39 is 17.4 Å². The maximum absolute atomic E-state index is 11.6. The van der Waals surface area contributed by atoms with Gasteiger partial charge >= 0.3 is 5.97 Å². The molecule has 1 aliphatic carbocycles. The van der Waals surface area contributed by atoms with Crippen molar-refractivity contribution < 1.29 is 14.7 Å². The highest BCUT2D eigenvalue weighted by Crippen LogP contribution is 2.33. The fourth-order valence-electron chi connectivity index (χ4n) is 2.63. The molecule has 0 spiro atoms. The Kier molecular flexibility index (Phi) is 4.18. The third kappa shape index (κ3) is 2.88. The lowest BCUT2D eigenvalue weighted by atomic mass is 9.81. The van der Waals surface area contributed by atoms with Crippen molar-refractivity contribution in [1.29, 1.82) is 0 Å². The van der Waals surface area contributed by atoms with E-state index in [1.807, 2.05) is 0 Å². The van der Waals surface area contributed by atoms with Crippen LogP contribution >= 0.6 is 11.6 Å². The van der Waals surface area contributed by atoms with Crippen molar-refractivity contribution in [3.05, 3.63) is 28.8 Å². The topological polar surface area (TPSA) is 92.4 Å². The normalized spacial score (nSPS) is 17.4. The summed E-state index contributed by atoms with van der Waals surface area (Å²) in [5.74, 6) is -1.53. The van der Waals surface area contributed by atoms with Crippen LogP contribution in [0.25, 0.3) is 0 Å². The molecule has 2 rings (SSSR count). The number of carboxylic acid groups (broad SMARTS) is 1. The average Bonchev–Trinajstić information content (AvgIpc) is 2.41. The summed E-state index contributed by atoms with van der Waals surface area (Å²) < 4.78 is 0. The Bertz CT molecular complexity index is 539. The molecule has 0 unspecified atom stereocenters. The summed E-state index contributed by atoms with van der Waals surface area (Å²) in [6.45, 7) is 0. The number of aliphatic carboxylic acids is 1. The quantitative estimate of drug-likeness (QED) is 0.796. The summed E-state index contributed by atoms with van der Waals surface area (Å²) in [6, 6.07) is 4.65. The second kappa shape index (κ2) is 5.71. The molecule has 4 N–H and O–H groups in total. The molecule has 0 aliphatic heterocycles. The van der Waals surface area contributed by atoms with Crippen molar-refractivity contribution in [2.45, 2.75) is 37.6 Å². The monoisotopic (exact) mass is 296 g/mol. The van der Waals surface area contributed by atoms with Crippen molar-refractivity contribution >= 4 is 29.2 Å². The van der Waals surface area contributed by atoms with Gasteiger partial charge in [-0.05, 0) is 31.0 Å². The maximum atomic E-state index is 11.6. The molecule has 1 aromatic rings. The van der Waals surface area contributed by atoms with E-state index in [0.717, 1.165) is 19.3 Å². The number of rotatable bonds is 4. The molecular weight excluding hydrogens is 280 g/mol. The van der Waals surface area contributed by atoms with Crippen LogP contribution in [0, 0.1) is 0 Å². The number of carbonyl (C=O) groups is 2. The van der Waals surface area contributed by atoms with Crippen molar-refractivity contribution in [3.63, 3.8) is 0 Å². The number of amides is 1. The van der Waals surface area contributed by atoms with Gasteiger partial charge in [0.2, 0.25) is 0 Å². The molecule has 0 atom stereocenters. The average molecular weight is 297 g/mol. The van der Waals surface area contributed by atoms with Gasteiger partial charge in [0.05, 0.1) is 5.56 Å². The molecule has 0 heterocycles. The number of hydrogen-bond donors (Lipinski definition) is 3. The molecule has 20 heavy (non-hydrogen) atoms. The maximum Gasteiger partial charge on any atom is 0.329 e. The van der Waals surface area contributed by atoms with Crippen LogP contribution < -0.4 is 11.1 Å². The molecule has 6 heteroatoms. The van der Waals surface area contributed by atoms with Crippen molar-refractivity contribution in [2.75, 3.05) is 5.32 Å². The number of anilines is 1. The van der Waals surface area contributed by atoms with Crippen LogP contribution in [0.1, 0.15) is 42.5 Å². The van der Waals surface area contributed by atoms with Crippen LogP contribution in [0.3, 0.4) is 0 Å². The van der Waals surface area contributed by atoms with E-state index in [1.54, 1.807) is 12.1 Å². The Labute approximate surface area is 122 Å². The van der Waals surface area contributed by atoms with Crippen molar-refractivity contribution in [1.82, 2.24) is 0 Å². The third-order valence-corrected chi connectivity index (χ3v) is 3.97. The summed E-state index contributed by atoms with van der Waals surface area (Å²) >= 11 is 5.85. The zero-order valence-electron chi connectivity index (χ0n) is 11.0.